The van der Waals surface area contributed by atoms with Gasteiger partial charge in [0.2, 0.25) is 0 Å². The van der Waals surface area contributed by atoms with Gasteiger partial charge in [0.05, 0.1) is 12.3 Å². The Morgan fingerprint density at radius 3 is 2.93 bits per heavy atom. The lowest BCUT2D eigenvalue weighted by Crippen LogP contribution is -2.12. The minimum atomic E-state index is -0.0504. The van der Waals surface area contributed by atoms with Gasteiger partial charge in [0, 0.05) is 21.2 Å². The van der Waals surface area contributed by atoms with Gasteiger partial charge >= 0.3 is 0 Å². The highest BCUT2D eigenvalue weighted by molar-refractivity contribution is 9.10. The first-order valence-corrected chi connectivity index (χ1v) is 6.36. The average molecular weight is 286 g/mol. The Labute approximate surface area is 101 Å². The van der Waals surface area contributed by atoms with E-state index in [-0.39, 0.29) is 6.04 Å². The summed E-state index contributed by atoms with van der Waals surface area (Å²) in [5.74, 6) is 0.888. The summed E-state index contributed by atoms with van der Waals surface area (Å²) < 4.78 is 6.49. The molecular formula is C11H12BrNOS. The molecule has 0 amide bonds. The highest BCUT2D eigenvalue weighted by Gasteiger charge is 2.13. The van der Waals surface area contributed by atoms with Crippen molar-refractivity contribution in [2.24, 2.45) is 5.73 Å². The molecule has 0 fully saturated rings. The molecular weight excluding hydrogens is 274 g/mol. The van der Waals surface area contributed by atoms with E-state index in [4.69, 9.17) is 10.2 Å². The maximum absolute atomic E-state index is 6.08. The van der Waals surface area contributed by atoms with Crippen molar-refractivity contribution in [3.8, 4) is 0 Å². The second-order valence-electron chi connectivity index (χ2n) is 3.51. The smallest absolute Gasteiger partial charge is 0.123 e. The second kappa shape index (κ2) is 4.51. The van der Waals surface area contributed by atoms with Gasteiger partial charge in [0.15, 0.2) is 0 Å². The summed E-state index contributed by atoms with van der Waals surface area (Å²) >= 11 is 5.14. The van der Waals surface area contributed by atoms with Crippen LogP contribution in [0.15, 0.2) is 32.7 Å². The van der Waals surface area contributed by atoms with Crippen LogP contribution in [0.4, 0.5) is 0 Å². The first kappa shape index (κ1) is 10.9. The fourth-order valence-electron chi connectivity index (χ4n) is 1.53. The Bertz CT molecular complexity index is 449. The van der Waals surface area contributed by atoms with Crippen LogP contribution in [0, 0.1) is 6.92 Å². The molecule has 0 saturated heterocycles. The first-order chi connectivity index (χ1) is 7.16. The van der Waals surface area contributed by atoms with Crippen LogP contribution >= 0.6 is 27.3 Å². The average Bonchev–Trinajstić information content (AvgIpc) is 2.75. The predicted octanol–water partition coefficient (Wildman–Crippen LogP) is 3.65. The lowest BCUT2D eigenvalue weighted by atomic mass is 10.1. The Balaban J connectivity index is 2.10. The zero-order chi connectivity index (χ0) is 10.8. The number of halogens is 1. The molecule has 2 heterocycles. The zero-order valence-corrected chi connectivity index (χ0v) is 10.8. The van der Waals surface area contributed by atoms with E-state index in [1.165, 1.54) is 4.88 Å². The second-order valence-corrected chi connectivity index (χ2v) is 5.42. The fraction of sp³-hybridized carbons (Fsp3) is 0.273. The van der Waals surface area contributed by atoms with E-state index in [1.54, 1.807) is 17.6 Å². The molecule has 0 bridgehead atoms. The van der Waals surface area contributed by atoms with Crippen molar-refractivity contribution in [1.82, 2.24) is 0 Å². The van der Waals surface area contributed by atoms with Gasteiger partial charge in [-0.1, -0.05) is 0 Å². The normalized spacial score (nSPS) is 13.0. The van der Waals surface area contributed by atoms with Crippen LogP contribution in [0.2, 0.25) is 0 Å². The standard InChI is InChI=1S/C11H12BrNOS/c1-7-2-3-14-11(7)10(13)5-9-4-8(12)6-15-9/h2-4,6,10H,5,13H2,1H3. The van der Waals surface area contributed by atoms with Gasteiger partial charge in [0.25, 0.3) is 0 Å². The number of furan rings is 1. The minimum Gasteiger partial charge on any atom is -0.467 e. The third-order valence-electron chi connectivity index (χ3n) is 2.28. The molecule has 1 unspecified atom stereocenters. The Kier molecular flexibility index (Phi) is 3.29. The molecule has 2 rings (SSSR count). The fourth-order valence-corrected chi connectivity index (χ4v) is 3.05. The van der Waals surface area contributed by atoms with E-state index in [0.717, 1.165) is 22.2 Å². The van der Waals surface area contributed by atoms with Crippen molar-refractivity contribution in [3.05, 3.63) is 44.4 Å². The number of thiophene rings is 1. The SMILES string of the molecule is Cc1ccoc1C(N)Cc1cc(Br)cs1. The molecule has 15 heavy (non-hydrogen) atoms. The molecule has 0 saturated carbocycles. The summed E-state index contributed by atoms with van der Waals surface area (Å²) in [6.07, 6.45) is 2.51. The Hall–Kier alpha value is -0.580. The summed E-state index contributed by atoms with van der Waals surface area (Å²) in [5, 5.41) is 2.07. The van der Waals surface area contributed by atoms with Crippen LogP contribution in [0.3, 0.4) is 0 Å². The van der Waals surface area contributed by atoms with E-state index in [0.29, 0.717) is 0 Å². The van der Waals surface area contributed by atoms with Crippen LogP contribution in [0.1, 0.15) is 22.2 Å². The maximum atomic E-state index is 6.08. The molecule has 2 nitrogen and oxygen atoms in total. The number of hydrogen-bond acceptors (Lipinski definition) is 3. The van der Waals surface area contributed by atoms with Crippen LogP contribution in [-0.4, -0.2) is 0 Å². The van der Waals surface area contributed by atoms with Crippen molar-refractivity contribution >= 4 is 27.3 Å². The van der Waals surface area contributed by atoms with Crippen molar-refractivity contribution in [3.63, 3.8) is 0 Å². The molecule has 4 heteroatoms. The lowest BCUT2D eigenvalue weighted by Gasteiger charge is -2.08. The Morgan fingerprint density at radius 1 is 1.60 bits per heavy atom. The number of nitrogens with two attached hydrogens (primary N) is 1. The van der Waals surface area contributed by atoms with E-state index < -0.39 is 0 Å². The van der Waals surface area contributed by atoms with Gasteiger partial charge in [-0.3, -0.25) is 0 Å². The molecule has 2 aromatic rings. The summed E-state index contributed by atoms with van der Waals surface area (Å²) in [5.41, 5.74) is 7.20. The van der Waals surface area contributed by atoms with E-state index >= 15 is 0 Å². The van der Waals surface area contributed by atoms with Crippen LogP contribution in [0.25, 0.3) is 0 Å². The highest BCUT2D eigenvalue weighted by atomic mass is 79.9. The quantitative estimate of drug-likeness (QED) is 0.935. The summed E-state index contributed by atoms with van der Waals surface area (Å²) in [4.78, 5) is 1.27. The number of aryl methyl sites for hydroxylation is 1. The largest absolute Gasteiger partial charge is 0.467 e. The van der Waals surface area contributed by atoms with Gasteiger partial charge in [-0.2, -0.15) is 0 Å². The molecule has 0 aliphatic rings. The van der Waals surface area contributed by atoms with Crippen molar-refractivity contribution < 1.29 is 4.42 Å². The van der Waals surface area contributed by atoms with Crippen molar-refractivity contribution in [2.45, 2.75) is 19.4 Å². The molecule has 0 spiro atoms. The maximum Gasteiger partial charge on any atom is 0.123 e. The van der Waals surface area contributed by atoms with Crippen LogP contribution in [-0.2, 0) is 6.42 Å². The molecule has 80 valence electrons. The molecule has 2 N–H and O–H groups in total. The third-order valence-corrected chi connectivity index (χ3v) is 4.00. The summed E-state index contributed by atoms with van der Waals surface area (Å²) in [7, 11) is 0. The third kappa shape index (κ3) is 2.51. The summed E-state index contributed by atoms with van der Waals surface area (Å²) in [6, 6.07) is 3.99. The Morgan fingerprint density at radius 2 is 2.40 bits per heavy atom. The number of hydrogen-bond donors (Lipinski definition) is 1. The lowest BCUT2D eigenvalue weighted by molar-refractivity contribution is 0.463. The molecule has 0 aliphatic heterocycles. The molecule has 1 atom stereocenters. The molecule has 0 aromatic carbocycles. The predicted molar refractivity (Wildman–Crippen MR) is 66.1 cm³/mol. The number of rotatable bonds is 3. The van der Waals surface area contributed by atoms with E-state index in [1.807, 2.05) is 13.0 Å². The summed E-state index contributed by atoms with van der Waals surface area (Å²) in [6.45, 7) is 2.02. The zero-order valence-electron chi connectivity index (χ0n) is 8.37. The molecule has 2 aromatic heterocycles. The molecule has 0 aliphatic carbocycles. The van der Waals surface area contributed by atoms with Gasteiger partial charge in [0.1, 0.15) is 5.76 Å². The van der Waals surface area contributed by atoms with Gasteiger partial charge < -0.3 is 10.2 Å². The van der Waals surface area contributed by atoms with Gasteiger partial charge in [-0.05, 0) is 40.5 Å². The van der Waals surface area contributed by atoms with Crippen LogP contribution in [0.5, 0.6) is 0 Å². The van der Waals surface area contributed by atoms with E-state index in [2.05, 4.69) is 27.4 Å². The molecule has 0 radical (unpaired) electrons. The van der Waals surface area contributed by atoms with E-state index in [9.17, 15) is 0 Å². The monoisotopic (exact) mass is 285 g/mol. The van der Waals surface area contributed by atoms with Gasteiger partial charge in [-0.25, -0.2) is 0 Å². The van der Waals surface area contributed by atoms with Crippen molar-refractivity contribution in [1.29, 1.82) is 0 Å². The first-order valence-electron chi connectivity index (χ1n) is 4.69. The van der Waals surface area contributed by atoms with Crippen LogP contribution < -0.4 is 5.73 Å². The van der Waals surface area contributed by atoms with Gasteiger partial charge in [-0.15, -0.1) is 11.3 Å². The highest BCUT2D eigenvalue weighted by Crippen LogP contribution is 2.26. The van der Waals surface area contributed by atoms with Crippen molar-refractivity contribution in [2.75, 3.05) is 0 Å². The minimum absolute atomic E-state index is 0.0504. The topological polar surface area (TPSA) is 39.2 Å².